The average Bonchev–Trinajstić information content (AvgIpc) is 2.44. The summed E-state index contributed by atoms with van der Waals surface area (Å²) < 4.78 is 0. The van der Waals surface area contributed by atoms with Crippen LogP contribution in [0.5, 0.6) is 0 Å². The Kier molecular flexibility index (Phi) is 3.58. The third-order valence-electron chi connectivity index (χ3n) is 6.98. The van der Waals surface area contributed by atoms with Crippen LogP contribution in [0.15, 0.2) is 0 Å². The lowest BCUT2D eigenvalue weighted by Gasteiger charge is -2.57. The molecule has 4 bridgehead atoms. The van der Waals surface area contributed by atoms with Crippen LogP contribution in [0, 0.1) is 29.1 Å². The van der Waals surface area contributed by atoms with Crippen molar-refractivity contribution in [2.24, 2.45) is 29.1 Å². The molecule has 0 spiro atoms. The quantitative estimate of drug-likeness (QED) is 0.852. The molecule has 0 radical (unpaired) electrons. The van der Waals surface area contributed by atoms with Crippen LogP contribution in [0.1, 0.15) is 57.8 Å². The minimum absolute atomic E-state index is 0.397. The van der Waals surface area contributed by atoms with Crippen LogP contribution in [-0.4, -0.2) is 36.2 Å². The maximum Gasteiger partial charge on any atom is 0.0471 e. The molecule has 1 unspecified atom stereocenters. The molecule has 1 heterocycles. The van der Waals surface area contributed by atoms with Crippen LogP contribution in [0.2, 0.25) is 0 Å². The van der Waals surface area contributed by atoms with Crippen molar-refractivity contribution >= 4 is 0 Å². The van der Waals surface area contributed by atoms with E-state index in [1.807, 2.05) is 0 Å². The highest BCUT2D eigenvalue weighted by Gasteiger charge is 2.50. The van der Waals surface area contributed by atoms with Gasteiger partial charge in [0.2, 0.25) is 0 Å². The molecule has 1 saturated heterocycles. The molecule has 0 aromatic rings. The van der Waals surface area contributed by atoms with Gasteiger partial charge in [-0.05, 0) is 100.0 Å². The molecule has 5 fully saturated rings. The van der Waals surface area contributed by atoms with Crippen molar-refractivity contribution in [2.75, 3.05) is 26.2 Å². The first-order valence-corrected chi connectivity index (χ1v) is 9.08. The predicted octanol–water partition coefficient (Wildman–Crippen LogP) is 3.30. The summed E-state index contributed by atoms with van der Waals surface area (Å²) in [5, 5.41) is 9.38. The van der Waals surface area contributed by atoms with Gasteiger partial charge in [0.05, 0.1) is 0 Å². The van der Waals surface area contributed by atoms with E-state index < -0.39 is 0 Å². The number of aliphatic hydroxyl groups excluding tert-OH is 1. The summed E-state index contributed by atoms with van der Waals surface area (Å²) in [7, 11) is 0. The maximum absolute atomic E-state index is 9.38. The van der Waals surface area contributed by atoms with E-state index in [1.54, 1.807) is 38.5 Å². The fourth-order valence-corrected chi connectivity index (χ4v) is 6.49. The van der Waals surface area contributed by atoms with Crippen LogP contribution in [0.25, 0.3) is 0 Å². The third-order valence-corrected chi connectivity index (χ3v) is 6.98. The standard InChI is InChI=1S/C18H31NO/c20-13-14-2-1-4-19(12-14)5-3-18-9-15-6-16(10-18)8-17(7-15)11-18/h14-17,20H,1-13H2. The molecule has 114 valence electrons. The van der Waals surface area contributed by atoms with E-state index in [2.05, 4.69) is 4.90 Å². The normalized spacial score (nSPS) is 47.9. The zero-order valence-corrected chi connectivity index (χ0v) is 12.9. The van der Waals surface area contributed by atoms with Gasteiger partial charge in [0, 0.05) is 13.2 Å². The van der Waals surface area contributed by atoms with E-state index >= 15 is 0 Å². The number of hydrogen-bond donors (Lipinski definition) is 1. The molecule has 5 rings (SSSR count). The van der Waals surface area contributed by atoms with E-state index in [0.29, 0.717) is 12.5 Å². The van der Waals surface area contributed by atoms with Gasteiger partial charge < -0.3 is 10.0 Å². The lowest BCUT2D eigenvalue weighted by molar-refractivity contribution is -0.0624. The molecular weight excluding hydrogens is 246 g/mol. The van der Waals surface area contributed by atoms with Crippen LogP contribution in [-0.2, 0) is 0 Å². The Hall–Kier alpha value is -0.0800. The number of rotatable bonds is 4. The summed E-state index contributed by atoms with van der Waals surface area (Å²) in [5.74, 6) is 3.83. The van der Waals surface area contributed by atoms with Crippen molar-refractivity contribution in [3.63, 3.8) is 0 Å². The predicted molar refractivity (Wildman–Crippen MR) is 81.5 cm³/mol. The topological polar surface area (TPSA) is 23.5 Å². The van der Waals surface area contributed by atoms with Crippen molar-refractivity contribution in [3.8, 4) is 0 Å². The number of piperidine rings is 1. The van der Waals surface area contributed by atoms with Gasteiger partial charge in [-0.1, -0.05) is 0 Å². The van der Waals surface area contributed by atoms with Gasteiger partial charge >= 0.3 is 0 Å². The minimum atomic E-state index is 0.397. The lowest BCUT2D eigenvalue weighted by atomic mass is 9.49. The second-order valence-electron chi connectivity index (χ2n) is 8.66. The van der Waals surface area contributed by atoms with Gasteiger partial charge in [-0.3, -0.25) is 0 Å². The molecule has 0 amide bonds. The Bertz CT molecular complexity index is 318. The Balaban J connectivity index is 1.35. The third kappa shape index (κ3) is 2.54. The average molecular weight is 277 g/mol. The minimum Gasteiger partial charge on any atom is -0.396 e. The van der Waals surface area contributed by atoms with Crippen molar-refractivity contribution in [1.82, 2.24) is 4.90 Å². The summed E-state index contributed by atoms with van der Waals surface area (Å²) in [6.07, 6.45) is 13.3. The van der Waals surface area contributed by atoms with Crippen LogP contribution in [0.3, 0.4) is 0 Å². The van der Waals surface area contributed by atoms with E-state index in [4.69, 9.17) is 0 Å². The van der Waals surface area contributed by atoms with Crippen molar-refractivity contribution in [2.45, 2.75) is 57.8 Å². The smallest absolute Gasteiger partial charge is 0.0471 e. The fourth-order valence-electron chi connectivity index (χ4n) is 6.49. The Morgan fingerprint density at radius 3 is 2.25 bits per heavy atom. The molecule has 4 saturated carbocycles. The zero-order chi connectivity index (χ0) is 13.6. The van der Waals surface area contributed by atoms with Crippen molar-refractivity contribution < 1.29 is 5.11 Å². The maximum atomic E-state index is 9.38. The molecule has 1 aliphatic heterocycles. The van der Waals surface area contributed by atoms with Crippen LogP contribution >= 0.6 is 0 Å². The van der Waals surface area contributed by atoms with E-state index in [9.17, 15) is 5.11 Å². The van der Waals surface area contributed by atoms with E-state index in [0.717, 1.165) is 29.7 Å². The number of hydrogen-bond acceptors (Lipinski definition) is 2. The van der Waals surface area contributed by atoms with Crippen LogP contribution < -0.4 is 0 Å². The summed E-state index contributed by atoms with van der Waals surface area (Å²) in [6.45, 7) is 4.14. The molecule has 1 N–H and O–H groups in total. The monoisotopic (exact) mass is 277 g/mol. The first-order chi connectivity index (χ1) is 9.75. The van der Waals surface area contributed by atoms with Crippen molar-refractivity contribution in [1.29, 1.82) is 0 Å². The first-order valence-electron chi connectivity index (χ1n) is 9.08. The Morgan fingerprint density at radius 1 is 1.00 bits per heavy atom. The molecule has 0 aromatic carbocycles. The summed E-state index contributed by atoms with van der Waals surface area (Å²) >= 11 is 0. The largest absolute Gasteiger partial charge is 0.396 e. The lowest BCUT2D eigenvalue weighted by Crippen LogP contribution is -2.48. The first kappa shape index (κ1) is 13.6. The molecule has 1 atom stereocenters. The number of aliphatic hydroxyl groups is 1. The van der Waals surface area contributed by atoms with Gasteiger partial charge in [0.25, 0.3) is 0 Å². The fraction of sp³-hybridized carbons (Fsp3) is 1.00. The van der Waals surface area contributed by atoms with Gasteiger partial charge in [-0.25, -0.2) is 0 Å². The van der Waals surface area contributed by atoms with Gasteiger partial charge in [0.15, 0.2) is 0 Å². The zero-order valence-electron chi connectivity index (χ0n) is 12.9. The molecule has 2 nitrogen and oxygen atoms in total. The molecule has 5 aliphatic rings. The molecule has 2 heteroatoms. The highest BCUT2D eigenvalue weighted by atomic mass is 16.3. The van der Waals surface area contributed by atoms with E-state index in [1.165, 1.54) is 32.4 Å². The summed E-state index contributed by atoms with van der Waals surface area (Å²) in [4.78, 5) is 2.66. The SMILES string of the molecule is OCC1CCCN(CCC23CC4CC(CC(C4)C2)C3)C1. The Labute approximate surface area is 123 Å². The Morgan fingerprint density at radius 2 is 1.65 bits per heavy atom. The molecule has 0 aromatic heterocycles. The van der Waals surface area contributed by atoms with Gasteiger partial charge in [0.1, 0.15) is 0 Å². The van der Waals surface area contributed by atoms with Crippen molar-refractivity contribution in [3.05, 3.63) is 0 Å². The summed E-state index contributed by atoms with van der Waals surface area (Å²) in [6, 6.07) is 0. The number of likely N-dealkylation sites (tertiary alicyclic amines) is 1. The molecule has 20 heavy (non-hydrogen) atoms. The van der Waals surface area contributed by atoms with Gasteiger partial charge in [-0.15, -0.1) is 0 Å². The van der Waals surface area contributed by atoms with E-state index in [-0.39, 0.29) is 0 Å². The highest BCUT2D eigenvalue weighted by molar-refractivity contribution is 5.01. The second-order valence-corrected chi connectivity index (χ2v) is 8.66. The highest BCUT2D eigenvalue weighted by Crippen LogP contribution is 2.61. The molecular formula is C18H31NO. The van der Waals surface area contributed by atoms with Crippen LogP contribution in [0.4, 0.5) is 0 Å². The molecule has 4 aliphatic carbocycles. The summed E-state index contributed by atoms with van der Waals surface area (Å²) in [5.41, 5.74) is 0.737. The van der Waals surface area contributed by atoms with Gasteiger partial charge in [-0.2, -0.15) is 0 Å². The second kappa shape index (κ2) is 5.28. The number of nitrogens with zero attached hydrogens (tertiary/aromatic N) is 1.